The Labute approximate surface area is 181 Å². The summed E-state index contributed by atoms with van der Waals surface area (Å²) >= 11 is 0. The monoisotopic (exact) mass is 437 g/mol. The van der Waals surface area contributed by atoms with E-state index in [0.29, 0.717) is 37.1 Å². The molecule has 0 aliphatic heterocycles. The molecule has 0 aromatic heterocycles. The van der Waals surface area contributed by atoms with Gasteiger partial charge in [0.25, 0.3) is 0 Å². The molecule has 7 nitrogen and oxygen atoms in total. The molecule has 0 amide bonds. The molecule has 2 rings (SSSR count). The zero-order chi connectivity index (χ0) is 22.6. The van der Waals surface area contributed by atoms with Gasteiger partial charge in [0.2, 0.25) is 0 Å². The number of benzene rings is 2. The summed E-state index contributed by atoms with van der Waals surface area (Å²) in [6.07, 6.45) is 0. The quantitative estimate of drug-likeness (QED) is 0.415. The normalized spacial score (nSPS) is 11.4. The van der Waals surface area contributed by atoms with Crippen LogP contribution in [-0.2, 0) is 13.1 Å². The van der Waals surface area contributed by atoms with Crippen molar-refractivity contribution in [1.82, 2.24) is 10.2 Å². The second kappa shape index (κ2) is 12.6. The number of hydrogen-bond acceptors (Lipinski definition) is 5. The van der Waals surface area contributed by atoms with Crippen molar-refractivity contribution in [3.05, 3.63) is 53.6 Å². The van der Waals surface area contributed by atoms with Crippen molar-refractivity contribution in [2.45, 2.75) is 26.6 Å². The smallest absolute Gasteiger partial charge is 0.387 e. The molecule has 0 aliphatic carbocycles. The first-order valence-electron chi connectivity index (χ1n) is 9.90. The molecule has 0 fully saturated rings. The summed E-state index contributed by atoms with van der Waals surface area (Å²) < 4.78 is 39.8. The van der Waals surface area contributed by atoms with Crippen molar-refractivity contribution in [3.63, 3.8) is 0 Å². The minimum atomic E-state index is -2.84. The van der Waals surface area contributed by atoms with Crippen LogP contribution in [0.1, 0.15) is 18.1 Å². The zero-order valence-corrected chi connectivity index (χ0v) is 18.0. The van der Waals surface area contributed by atoms with E-state index < -0.39 is 6.61 Å². The Morgan fingerprint density at radius 2 is 1.84 bits per heavy atom. The standard InChI is InChI=1S/C22H29F2N3O4/c1-4-25-22(27(2)15-16-5-8-18(9-6-16)31-21(23)24)26-14-17-7-10-19(30-12-11-28)20(13-17)29-3/h5-10,13,21,28H,4,11-12,14-15H2,1-3H3,(H,25,26). The highest BCUT2D eigenvalue weighted by molar-refractivity contribution is 5.79. The Hall–Kier alpha value is -3.07. The van der Waals surface area contributed by atoms with Gasteiger partial charge in [-0.15, -0.1) is 0 Å². The van der Waals surface area contributed by atoms with E-state index in [9.17, 15) is 8.78 Å². The summed E-state index contributed by atoms with van der Waals surface area (Å²) in [5, 5.41) is 12.2. The summed E-state index contributed by atoms with van der Waals surface area (Å²) in [6.45, 7) is 0.920. The van der Waals surface area contributed by atoms with Gasteiger partial charge >= 0.3 is 6.61 Å². The van der Waals surface area contributed by atoms with Crippen molar-refractivity contribution in [2.24, 2.45) is 4.99 Å². The van der Waals surface area contributed by atoms with Crippen molar-refractivity contribution >= 4 is 5.96 Å². The molecule has 31 heavy (non-hydrogen) atoms. The molecule has 0 radical (unpaired) electrons. The molecule has 0 unspecified atom stereocenters. The Kier molecular flexibility index (Phi) is 9.83. The van der Waals surface area contributed by atoms with Gasteiger partial charge in [-0.1, -0.05) is 18.2 Å². The predicted molar refractivity (Wildman–Crippen MR) is 115 cm³/mol. The fourth-order valence-electron chi connectivity index (χ4n) is 2.85. The lowest BCUT2D eigenvalue weighted by atomic mass is 10.2. The van der Waals surface area contributed by atoms with Crippen LogP contribution in [0.25, 0.3) is 0 Å². The largest absolute Gasteiger partial charge is 0.493 e. The molecule has 2 aromatic rings. The lowest BCUT2D eigenvalue weighted by Crippen LogP contribution is -2.38. The Morgan fingerprint density at radius 1 is 1.13 bits per heavy atom. The number of ether oxygens (including phenoxy) is 3. The van der Waals surface area contributed by atoms with Gasteiger partial charge in [0.05, 0.1) is 20.3 Å². The fraction of sp³-hybridized carbons (Fsp3) is 0.409. The van der Waals surface area contributed by atoms with Gasteiger partial charge in [0.15, 0.2) is 17.5 Å². The number of guanidine groups is 1. The molecule has 0 aliphatic rings. The summed E-state index contributed by atoms with van der Waals surface area (Å²) in [5.74, 6) is 1.97. The van der Waals surface area contributed by atoms with E-state index in [0.717, 1.165) is 11.1 Å². The molecule has 2 N–H and O–H groups in total. The van der Waals surface area contributed by atoms with Crippen molar-refractivity contribution in [3.8, 4) is 17.2 Å². The highest BCUT2D eigenvalue weighted by Crippen LogP contribution is 2.28. The number of halogens is 2. The Morgan fingerprint density at radius 3 is 2.45 bits per heavy atom. The molecule has 0 saturated carbocycles. The van der Waals surface area contributed by atoms with Crippen LogP contribution in [0, 0.1) is 0 Å². The average Bonchev–Trinajstić information content (AvgIpc) is 2.76. The number of nitrogens with one attached hydrogen (secondary N) is 1. The van der Waals surface area contributed by atoms with E-state index >= 15 is 0 Å². The van der Waals surface area contributed by atoms with E-state index in [1.54, 1.807) is 25.3 Å². The Bertz CT molecular complexity index is 832. The van der Waals surface area contributed by atoms with Crippen molar-refractivity contribution in [1.29, 1.82) is 0 Å². The van der Waals surface area contributed by atoms with Crippen LogP contribution in [0.3, 0.4) is 0 Å². The summed E-state index contributed by atoms with van der Waals surface area (Å²) in [5.41, 5.74) is 1.87. The maximum atomic E-state index is 12.3. The molecule has 2 aromatic carbocycles. The Balaban J connectivity index is 2.06. The van der Waals surface area contributed by atoms with E-state index in [1.165, 1.54) is 12.1 Å². The molecule has 9 heteroatoms. The van der Waals surface area contributed by atoms with Crippen LogP contribution in [0.15, 0.2) is 47.5 Å². The second-order valence-electron chi connectivity index (χ2n) is 6.61. The number of aliphatic hydroxyl groups excluding tert-OH is 1. The highest BCUT2D eigenvalue weighted by atomic mass is 19.3. The molecule has 170 valence electrons. The first kappa shape index (κ1) is 24.2. The molecule has 0 spiro atoms. The van der Waals surface area contributed by atoms with Crippen molar-refractivity contribution < 1.29 is 28.1 Å². The first-order valence-corrected chi connectivity index (χ1v) is 9.90. The van der Waals surface area contributed by atoms with Gasteiger partial charge in [0.1, 0.15) is 12.4 Å². The highest BCUT2D eigenvalue weighted by Gasteiger charge is 2.10. The summed E-state index contributed by atoms with van der Waals surface area (Å²) in [6, 6.07) is 12.1. The van der Waals surface area contributed by atoms with E-state index in [2.05, 4.69) is 15.0 Å². The zero-order valence-electron chi connectivity index (χ0n) is 18.0. The van der Waals surface area contributed by atoms with Crippen LogP contribution in [0.5, 0.6) is 17.2 Å². The maximum absolute atomic E-state index is 12.3. The second-order valence-corrected chi connectivity index (χ2v) is 6.61. The van der Waals surface area contributed by atoms with Crippen molar-refractivity contribution in [2.75, 3.05) is 33.9 Å². The minimum Gasteiger partial charge on any atom is -0.493 e. The number of nitrogens with zero attached hydrogens (tertiary/aromatic N) is 2. The third kappa shape index (κ3) is 7.93. The number of hydrogen-bond donors (Lipinski definition) is 2. The lowest BCUT2D eigenvalue weighted by molar-refractivity contribution is -0.0498. The van der Waals surface area contributed by atoms with E-state index in [1.807, 2.05) is 31.0 Å². The third-order valence-corrected chi connectivity index (χ3v) is 4.25. The topological polar surface area (TPSA) is 75.6 Å². The van der Waals surface area contributed by atoms with Crippen LogP contribution >= 0.6 is 0 Å². The van der Waals surface area contributed by atoms with Gasteiger partial charge in [-0.25, -0.2) is 4.99 Å². The van der Waals surface area contributed by atoms with Gasteiger partial charge < -0.3 is 29.5 Å². The summed E-state index contributed by atoms with van der Waals surface area (Å²) in [4.78, 5) is 6.62. The van der Waals surface area contributed by atoms with Crippen LogP contribution in [0.2, 0.25) is 0 Å². The maximum Gasteiger partial charge on any atom is 0.387 e. The number of aliphatic hydroxyl groups is 1. The molecule has 0 heterocycles. The minimum absolute atomic E-state index is 0.0739. The van der Waals surface area contributed by atoms with Crippen LogP contribution < -0.4 is 19.5 Å². The molecule has 0 bridgehead atoms. The van der Waals surface area contributed by atoms with Crippen LogP contribution in [-0.4, -0.2) is 56.5 Å². The number of methoxy groups -OCH3 is 1. The molecule has 0 saturated heterocycles. The van der Waals surface area contributed by atoms with Gasteiger partial charge in [0, 0.05) is 20.1 Å². The van der Waals surface area contributed by atoms with Gasteiger partial charge in [-0.3, -0.25) is 0 Å². The molecular formula is C22H29F2N3O4. The average molecular weight is 437 g/mol. The molecular weight excluding hydrogens is 408 g/mol. The van der Waals surface area contributed by atoms with E-state index in [-0.39, 0.29) is 19.0 Å². The number of alkyl halides is 2. The third-order valence-electron chi connectivity index (χ3n) is 4.25. The fourth-order valence-corrected chi connectivity index (χ4v) is 2.85. The predicted octanol–water partition coefficient (Wildman–Crippen LogP) is 3.27. The number of aliphatic imine (C=N–C) groups is 1. The molecule has 0 atom stereocenters. The lowest BCUT2D eigenvalue weighted by Gasteiger charge is -2.22. The van der Waals surface area contributed by atoms with Gasteiger partial charge in [-0.05, 0) is 42.3 Å². The van der Waals surface area contributed by atoms with Gasteiger partial charge in [-0.2, -0.15) is 8.78 Å². The summed E-state index contributed by atoms with van der Waals surface area (Å²) in [7, 11) is 3.46. The SMILES string of the molecule is CCNC(=NCc1ccc(OCCO)c(OC)c1)N(C)Cc1ccc(OC(F)F)cc1. The number of rotatable bonds is 11. The van der Waals surface area contributed by atoms with E-state index in [4.69, 9.17) is 14.6 Å². The van der Waals surface area contributed by atoms with Crippen LogP contribution in [0.4, 0.5) is 8.78 Å². The first-order chi connectivity index (χ1) is 15.0.